The van der Waals surface area contributed by atoms with Gasteiger partial charge in [-0.1, -0.05) is 77.9 Å². The van der Waals surface area contributed by atoms with Crippen LogP contribution >= 0.6 is 0 Å². The lowest BCUT2D eigenvalue weighted by molar-refractivity contribution is -0.00356. The molecule has 156 valence electrons. The number of nitrogens with zero attached hydrogens (tertiary/aromatic N) is 1. The molecule has 0 saturated heterocycles. The number of fused-ring (bicyclic) bond motifs is 1. The van der Waals surface area contributed by atoms with Crippen LogP contribution in [-0.4, -0.2) is 16.1 Å². The van der Waals surface area contributed by atoms with E-state index in [0.29, 0.717) is 0 Å². The molecule has 2 aromatic rings. The molecule has 0 bridgehead atoms. The highest BCUT2D eigenvalue weighted by Crippen LogP contribution is 2.40. The quantitative estimate of drug-likeness (QED) is 0.511. The number of benzene rings is 2. The van der Waals surface area contributed by atoms with Gasteiger partial charge in [0.1, 0.15) is 0 Å². The van der Waals surface area contributed by atoms with Crippen molar-refractivity contribution in [1.82, 2.24) is 5.01 Å². The van der Waals surface area contributed by atoms with Crippen LogP contribution in [0.1, 0.15) is 82.1 Å². The van der Waals surface area contributed by atoms with Crippen molar-refractivity contribution in [2.24, 2.45) is 10.8 Å². The van der Waals surface area contributed by atoms with Crippen molar-refractivity contribution >= 4 is 16.5 Å². The van der Waals surface area contributed by atoms with Gasteiger partial charge >= 0.3 is 0 Å². The molecule has 2 nitrogen and oxygen atoms in total. The van der Waals surface area contributed by atoms with Crippen molar-refractivity contribution in [3.05, 3.63) is 42.5 Å². The molecule has 0 fully saturated rings. The van der Waals surface area contributed by atoms with E-state index in [2.05, 4.69) is 122 Å². The number of nitrogens with one attached hydrogen (secondary N) is 1. The van der Waals surface area contributed by atoms with Crippen LogP contribution in [0.3, 0.4) is 0 Å². The van der Waals surface area contributed by atoms with Crippen LogP contribution in [0.4, 0.5) is 5.69 Å². The molecule has 2 rings (SSSR count). The molecular formula is C26H42N2. The summed E-state index contributed by atoms with van der Waals surface area (Å²) in [6, 6.07) is 15.2. The summed E-state index contributed by atoms with van der Waals surface area (Å²) in [5, 5.41) is 5.07. The van der Waals surface area contributed by atoms with Crippen molar-refractivity contribution in [2.45, 2.75) is 93.2 Å². The molecule has 2 aromatic carbocycles. The fraction of sp³-hybridized carbons (Fsp3) is 0.615. The van der Waals surface area contributed by atoms with Gasteiger partial charge in [-0.25, -0.2) is 5.01 Å². The highest BCUT2D eigenvalue weighted by atomic mass is 15.6. The zero-order valence-corrected chi connectivity index (χ0v) is 19.9. The average Bonchev–Trinajstić information content (AvgIpc) is 2.47. The summed E-state index contributed by atoms with van der Waals surface area (Å²) in [4.78, 5) is 0. The molecule has 2 heteroatoms. The number of hydrogen-bond donors (Lipinski definition) is 1. The Hall–Kier alpha value is -1.54. The maximum Gasteiger partial charge on any atom is 0.0568 e. The summed E-state index contributed by atoms with van der Waals surface area (Å²) in [6.07, 6.45) is 2.21. The van der Waals surface area contributed by atoms with Crippen molar-refractivity contribution in [3.8, 4) is 0 Å². The first-order chi connectivity index (χ1) is 12.6. The number of rotatable bonds is 6. The minimum Gasteiger partial charge on any atom is -0.317 e. The van der Waals surface area contributed by atoms with Gasteiger partial charge in [0, 0.05) is 16.5 Å². The van der Waals surface area contributed by atoms with Crippen molar-refractivity contribution < 1.29 is 0 Å². The summed E-state index contributed by atoms with van der Waals surface area (Å²) < 4.78 is 0. The molecular weight excluding hydrogens is 340 g/mol. The van der Waals surface area contributed by atoms with Crippen LogP contribution in [0.15, 0.2) is 42.5 Å². The lowest BCUT2D eigenvalue weighted by atomic mass is 9.76. The van der Waals surface area contributed by atoms with Crippen LogP contribution in [0, 0.1) is 10.8 Å². The first-order valence-corrected chi connectivity index (χ1v) is 10.7. The van der Waals surface area contributed by atoms with Crippen molar-refractivity contribution in [3.63, 3.8) is 0 Å². The molecule has 0 spiro atoms. The van der Waals surface area contributed by atoms with Crippen LogP contribution < -0.4 is 5.43 Å². The SMILES string of the molecule is CC(C)(C)CC(C)(C)N(Nc1cccc2ccccc12)C(C)(C)CC(C)(C)C. The Morgan fingerprint density at radius 1 is 0.643 bits per heavy atom. The molecule has 1 N–H and O–H groups in total. The zero-order chi connectivity index (χ0) is 21.4. The molecule has 0 aliphatic rings. The maximum atomic E-state index is 3.88. The van der Waals surface area contributed by atoms with Gasteiger partial charge in [-0.15, -0.1) is 0 Å². The topological polar surface area (TPSA) is 15.3 Å². The summed E-state index contributed by atoms with van der Waals surface area (Å²) in [7, 11) is 0. The molecule has 0 amide bonds. The second-order valence-corrected chi connectivity index (χ2v) is 12.1. The molecule has 0 aromatic heterocycles. The van der Waals surface area contributed by atoms with Gasteiger partial charge < -0.3 is 5.43 Å². The fourth-order valence-corrected chi connectivity index (χ4v) is 5.32. The molecule has 28 heavy (non-hydrogen) atoms. The molecule has 0 radical (unpaired) electrons. The largest absolute Gasteiger partial charge is 0.317 e. The van der Waals surface area contributed by atoms with Crippen LogP contribution in [0.2, 0.25) is 0 Å². The van der Waals surface area contributed by atoms with E-state index in [1.165, 1.54) is 16.5 Å². The molecule has 0 heterocycles. The van der Waals surface area contributed by atoms with E-state index < -0.39 is 0 Å². The van der Waals surface area contributed by atoms with E-state index in [4.69, 9.17) is 0 Å². The monoisotopic (exact) mass is 382 g/mol. The molecule has 0 aliphatic heterocycles. The zero-order valence-electron chi connectivity index (χ0n) is 19.9. The molecule has 0 saturated carbocycles. The Morgan fingerprint density at radius 3 is 1.61 bits per heavy atom. The van der Waals surface area contributed by atoms with Gasteiger partial charge in [0.15, 0.2) is 0 Å². The highest BCUT2D eigenvalue weighted by Gasteiger charge is 2.42. The summed E-state index contributed by atoms with van der Waals surface area (Å²) in [6.45, 7) is 23.5. The van der Waals surface area contributed by atoms with E-state index in [-0.39, 0.29) is 21.9 Å². The minimum atomic E-state index is -0.00998. The average molecular weight is 383 g/mol. The predicted octanol–water partition coefficient (Wildman–Crippen LogP) is 7.90. The second-order valence-electron chi connectivity index (χ2n) is 12.1. The fourth-order valence-electron chi connectivity index (χ4n) is 5.32. The first kappa shape index (κ1) is 22.7. The van der Waals surface area contributed by atoms with E-state index in [9.17, 15) is 0 Å². The Bertz CT molecular complexity index is 755. The number of hydrazine groups is 1. The Balaban J connectivity index is 2.51. The minimum absolute atomic E-state index is 0.00998. The third kappa shape index (κ3) is 5.98. The molecule has 0 atom stereocenters. The molecule has 0 unspecified atom stereocenters. The second kappa shape index (κ2) is 7.71. The summed E-state index contributed by atoms with van der Waals surface area (Å²) in [5.74, 6) is 0. The Labute approximate surface area is 173 Å². The van der Waals surface area contributed by atoms with Crippen molar-refractivity contribution in [1.29, 1.82) is 0 Å². The van der Waals surface area contributed by atoms with Crippen LogP contribution in [0.25, 0.3) is 10.8 Å². The van der Waals surface area contributed by atoms with E-state index in [1.807, 2.05) is 0 Å². The Morgan fingerprint density at radius 2 is 1.11 bits per heavy atom. The third-order valence-corrected chi connectivity index (χ3v) is 5.16. The van der Waals surface area contributed by atoms with Gasteiger partial charge in [0.2, 0.25) is 0 Å². The lowest BCUT2D eigenvalue weighted by Crippen LogP contribution is -2.60. The summed E-state index contributed by atoms with van der Waals surface area (Å²) >= 11 is 0. The van der Waals surface area contributed by atoms with Gasteiger partial charge in [-0.05, 0) is 62.8 Å². The van der Waals surface area contributed by atoms with Crippen LogP contribution in [-0.2, 0) is 0 Å². The summed E-state index contributed by atoms with van der Waals surface area (Å²) in [5.41, 5.74) is 5.54. The van der Waals surface area contributed by atoms with Crippen LogP contribution in [0.5, 0.6) is 0 Å². The third-order valence-electron chi connectivity index (χ3n) is 5.16. The van der Waals surface area contributed by atoms with E-state index >= 15 is 0 Å². The van der Waals surface area contributed by atoms with Gasteiger partial charge in [-0.2, -0.15) is 0 Å². The standard InChI is InChI=1S/C26H42N2/c1-23(2,3)18-25(7,8)28(26(9,10)19-24(4,5)6)27-22-17-13-15-20-14-11-12-16-21(20)22/h11-17,27H,18-19H2,1-10H3. The van der Waals surface area contributed by atoms with Gasteiger partial charge in [0.05, 0.1) is 5.69 Å². The van der Waals surface area contributed by atoms with Gasteiger partial charge in [0.25, 0.3) is 0 Å². The maximum absolute atomic E-state index is 3.88. The van der Waals surface area contributed by atoms with Gasteiger partial charge in [-0.3, -0.25) is 0 Å². The first-order valence-electron chi connectivity index (χ1n) is 10.7. The number of anilines is 1. The molecule has 0 aliphatic carbocycles. The smallest absolute Gasteiger partial charge is 0.0568 e. The van der Waals surface area contributed by atoms with E-state index in [0.717, 1.165) is 12.8 Å². The van der Waals surface area contributed by atoms with Crippen molar-refractivity contribution in [2.75, 3.05) is 5.43 Å². The predicted molar refractivity (Wildman–Crippen MR) is 126 cm³/mol. The number of hydrogen-bond acceptors (Lipinski definition) is 2. The highest BCUT2D eigenvalue weighted by molar-refractivity contribution is 5.93. The normalized spacial score (nSPS) is 14.0. The Kier molecular flexibility index (Phi) is 6.26. The van der Waals surface area contributed by atoms with E-state index in [1.54, 1.807) is 0 Å². The lowest BCUT2D eigenvalue weighted by Gasteiger charge is -2.52.